The third-order valence-electron chi connectivity index (χ3n) is 4.51. The standard InChI is InChI=1S/C17H24N2O2/c20-12-11-19(14-9-10-14)17(21)18-16-8-4-2-6-13-5-1-3-7-15(13)16/h1,3,5,7,14,16,20H,2,4,6,8-12H2,(H,18,21). The van der Waals surface area contributed by atoms with Crippen LogP contribution in [0.5, 0.6) is 0 Å². The highest BCUT2D eigenvalue weighted by molar-refractivity contribution is 5.75. The van der Waals surface area contributed by atoms with Crippen molar-refractivity contribution in [1.29, 1.82) is 0 Å². The minimum Gasteiger partial charge on any atom is -0.395 e. The van der Waals surface area contributed by atoms with Crippen LogP contribution in [0.25, 0.3) is 0 Å². The number of nitrogens with one attached hydrogen (secondary N) is 1. The maximum Gasteiger partial charge on any atom is 0.318 e. The van der Waals surface area contributed by atoms with Crippen LogP contribution in [0, 0.1) is 0 Å². The van der Waals surface area contributed by atoms with Gasteiger partial charge in [-0.1, -0.05) is 30.7 Å². The molecule has 1 fully saturated rings. The minimum absolute atomic E-state index is 0.0201. The van der Waals surface area contributed by atoms with Crippen molar-refractivity contribution >= 4 is 6.03 Å². The number of benzene rings is 1. The van der Waals surface area contributed by atoms with Crippen LogP contribution in [-0.4, -0.2) is 35.2 Å². The van der Waals surface area contributed by atoms with Crippen LogP contribution < -0.4 is 5.32 Å². The lowest BCUT2D eigenvalue weighted by Crippen LogP contribution is -2.44. The number of amides is 2. The number of hydrogen-bond acceptors (Lipinski definition) is 2. The van der Waals surface area contributed by atoms with Gasteiger partial charge < -0.3 is 15.3 Å². The number of fused-ring (bicyclic) bond motifs is 1. The van der Waals surface area contributed by atoms with Gasteiger partial charge in [0.05, 0.1) is 12.6 Å². The molecule has 2 N–H and O–H groups in total. The first-order valence-electron chi connectivity index (χ1n) is 8.05. The molecule has 2 amide bonds. The molecule has 3 rings (SSSR count). The monoisotopic (exact) mass is 288 g/mol. The Hall–Kier alpha value is -1.55. The van der Waals surface area contributed by atoms with E-state index in [1.54, 1.807) is 4.90 Å². The summed E-state index contributed by atoms with van der Waals surface area (Å²) in [6.07, 6.45) is 6.56. The first-order valence-corrected chi connectivity index (χ1v) is 8.05. The van der Waals surface area contributed by atoms with Crippen molar-refractivity contribution in [2.75, 3.05) is 13.2 Å². The number of hydrogen-bond donors (Lipinski definition) is 2. The van der Waals surface area contributed by atoms with E-state index in [1.807, 2.05) is 0 Å². The molecule has 114 valence electrons. The average Bonchev–Trinajstić information content (AvgIpc) is 3.33. The fourth-order valence-electron chi connectivity index (χ4n) is 3.25. The van der Waals surface area contributed by atoms with E-state index < -0.39 is 0 Å². The van der Waals surface area contributed by atoms with E-state index in [9.17, 15) is 4.79 Å². The van der Waals surface area contributed by atoms with E-state index in [4.69, 9.17) is 5.11 Å². The zero-order valence-electron chi connectivity index (χ0n) is 12.4. The summed E-state index contributed by atoms with van der Waals surface area (Å²) < 4.78 is 0. The molecule has 2 aliphatic rings. The number of aliphatic hydroxyl groups is 1. The molecular weight excluding hydrogens is 264 g/mol. The van der Waals surface area contributed by atoms with Crippen LogP contribution in [0.4, 0.5) is 4.79 Å². The van der Waals surface area contributed by atoms with Crippen molar-refractivity contribution in [2.45, 2.75) is 50.6 Å². The van der Waals surface area contributed by atoms with Crippen molar-refractivity contribution in [1.82, 2.24) is 10.2 Å². The summed E-state index contributed by atoms with van der Waals surface area (Å²) >= 11 is 0. The van der Waals surface area contributed by atoms with Crippen LogP contribution in [0.3, 0.4) is 0 Å². The van der Waals surface area contributed by atoms with Crippen molar-refractivity contribution < 1.29 is 9.90 Å². The van der Waals surface area contributed by atoms with Gasteiger partial charge in [0, 0.05) is 12.6 Å². The molecule has 0 aliphatic heterocycles. The highest BCUT2D eigenvalue weighted by atomic mass is 16.3. The van der Waals surface area contributed by atoms with Gasteiger partial charge in [-0.3, -0.25) is 0 Å². The Balaban J connectivity index is 1.72. The molecule has 21 heavy (non-hydrogen) atoms. The predicted molar refractivity (Wildman–Crippen MR) is 82.1 cm³/mol. The fraction of sp³-hybridized carbons (Fsp3) is 0.588. The summed E-state index contributed by atoms with van der Waals surface area (Å²) in [5.74, 6) is 0. The van der Waals surface area contributed by atoms with Gasteiger partial charge in [-0.25, -0.2) is 4.79 Å². The van der Waals surface area contributed by atoms with Crippen molar-refractivity contribution in [3.63, 3.8) is 0 Å². The number of aliphatic hydroxyl groups excluding tert-OH is 1. The second-order valence-electron chi connectivity index (χ2n) is 6.09. The van der Waals surface area contributed by atoms with Crippen molar-refractivity contribution in [2.24, 2.45) is 0 Å². The third kappa shape index (κ3) is 3.38. The maximum absolute atomic E-state index is 12.5. The van der Waals surface area contributed by atoms with E-state index in [0.29, 0.717) is 12.6 Å². The quantitative estimate of drug-likeness (QED) is 0.837. The number of urea groups is 1. The lowest BCUT2D eigenvalue weighted by atomic mass is 9.99. The molecule has 4 nitrogen and oxygen atoms in total. The Morgan fingerprint density at radius 3 is 2.81 bits per heavy atom. The first kappa shape index (κ1) is 14.4. The van der Waals surface area contributed by atoms with Crippen molar-refractivity contribution in [3.05, 3.63) is 35.4 Å². The SMILES string of the molecule is O=C(NC1CCCCc2ccccc21)N(CCO)C1CC1. The van der Waals surface area contributed by atoms with Gasteiger partial charge in [0.15, 0.2) is 0 Å². The second kappa shape index (κ2) is 6.48. The molecule has 1 aromatic rings. The molecule has 1 atom stereocenters. The van der Waals surface area contributed by atoms with Gasteiger partial charge in [-0.2, -0.15) is 0 Å². The molecule has 0 bridgehead atoms. The van der Waals surface area contributed by atoms with Crippen LogP contribution >= 0.6 is 0 Å². The Morgan fingerprint density at radius 1 is 1.24 bits per heavy atom. The molecule has 0 radical (unpaired) electrons. The lowest BCUT2D eigenvalue weighted by molar-refractivity contribution is 0.170. The number of rotatable bonds is 4. The largest absolute Gasteiger partial charge is 0.395 e. The smallest absolute Gasteiger partial charge is 0.318 e. The van der Waals surface area contributed by atoms with E-state index >= 15 is 0 Å². The number of carbonyl (C=O) groups excluding carboxylic acids is 1. The van der Waals surface area contributed by atoms with E-state index in [-0.39, 0.29) is 18.7 Å². The Morgan fingerprint density at radius 2 is 2.05 bits per heavy atom. The summed E-state index contributed by atoms with van der Waals surface area (Å²) in [5, 5.41) is 12.3. The number of nitrogens with zero attached hydrogens (tertiary/aromatic N) is 1. The molecule has 0 saturated heterocycles. The average molecular weight is 288 g/mol. The zero-order valence-corrected chi connectivity index (χ0v) is 12.4. The Labute approximate surface area is 126 Å². The third-order valence-corrected chi connectivity index (χ3v) is 4.51. The molecule has 0 aromatic heterocycles. The lowest BCUT2D eigenvalue weighted by Gasteiger charge is -2.26. The van der Waals surface area contributed by atoms with E-state index in [2.05, 4.69) is 29.6 Å². The highest BCUT2D eigenvalue weighted by Gasteiger charge is 2.33. The topological polar surface area (TPSA) is 52.6 Å². The van der Waals surface area contributed by atoms with E-state index in [1.165, 1.54) is 17.5 Å². The van der Waals surface area contributed by atoms with Crippen molar-refractivity contribution in [3.8, 4) is 0 Å². The second-order valence-corrected chi connectivity index (χ2v) is 6.09. The van der Waals surface area contributed by atoms with Gasteiger partial charge in [0.2, 0.25) is 0 Å². The molecular formula is C17H24N2O2. The molecule has 1 saturated carbocycles. The summed E-state index contributed by atoms with van der Waals surface area (Å²) in [4.78, 5) is 14.3. The highest BCUT2D eigenvalue weighted by Crippen LogP contribution is 2.30. The minimum atomic E-state index is -0.0201. The van der Waals surface area contributed by atoms with Crippen LogP contribution in [0.2, 0.25) is 0 Å². The van der Waals surface area contributed by atoms with Gasteiger partial charge >= 0.3 is 6.03 Å². The summed E-state index contributed by atoms with van der Waals surface area (Å²) in [7, 11) is 0. The van der Waals surface area contributed by atoms with Gasteiger partial charge in [-0.15, -0.1) is 0 Å². The fourth-order valence-corrected chi connectivity index (χ4v) is 3.25. The zero-order chi connectivity index (χ0) is 14.7. The summed E-state index contributed by atoms with van der Waals surface area (Å²) in [5.41, 5.74) is 2.63. The molecule has 0 heterocycles. The predicted octanol–water partition coefficient (Wildman–Crippen LogP) is 2.62. The molecule has 4 heteroatoms. The Kier molecular flexibility index (Phi) is 4.44. The van der Waals surface area contributed by atoms with Gasteiger partial charge in [0.25, 0.3) is 0 Å². The maximum atomic E-state index is 12.5. The summed E-state index contributed by atoms with van der Waals surface area (Å²) in [6, 6.07) is 8.86. The molecule has 2 aliphatic carbocycles. The molecule has 1 unspecified atom stereocenters. The number of aryl methyl sites for hydroxylation is 1. The van der Waals surface area contributed by atoms with Gasteiger partial charge in [-0.05, 0) is 43.2 Å². The van der Waals surface area contributed by atoms with Crippen LogP contribution in [0.1, 0.15) is 49.3 Å². The number of carbonyl (C=O) groups is 1. The normalized spacial score (nSPS) is 21.3. The van der Waals surface area contributed by atoms with Crippen LogP contribution in [0.15, 0.2) is 24.3 Å². The molecule has 1 aromatic carbocycles. The Bertz CT molecular complexity index is 499. The van der Waals surface area contributed by atoms with Crippen LogP contribution in [-0.2, 0) is 6.42 Å². The van der Waals surface area contributed by atoms with Gasteiger partial charge in [0.1, 0.15) is 0 Å². The summed E-state index contributed by atoms with van der Waals surface area (Å²) in [6.45, 7) is 0.468. The molecule has 0 spiro atoms. The van der Waals surface area contributed by atoms with E-state index in [0.717, 1.165) is 32.1 Å². The first-order chi connectivity index (χ1) is 10.3.